The number of fused-ring (bicyclic) bond motifs is 1. The topological polar surface area (TPSA) is 110 Å². The maximum atomic E-state index is 11.6. The summed E-state index contributed by atoms with van der Waals surface area (Å²) < 4.78 is 4.83. The molecular formula is C14H14N6O2. The number of carbonyl (C=O) groups is 1. The van der Waals surface area contributed by atoms with Crippen molar-refractivity contribution >= 4 is 23.1 Å². The molecule has 8 nitrogen and oxygen atoms in total. The van der Waals surface area contributed by atoms with Gasteiger partial charge in [0.15, 0.2) is 0 Å². The molecule has 0 aliphatic rings. The minimum atomic E-state index is -0.668. The SMILES string of the molecule is CCOC(=O)N(N)c1nc2ccc(-c3cncnc3)cc2[nH]1. The zero-order chi connectivity index (χ0) is 15.5. The van der Waals surface area contributed by atoms with Gasteiger partial charge in [-0.1, -0.05) is 6.07 Å². The van der Waals surface area contributed by atoms with Gasteiger partial charge in [0.2, 0.25) is 5.95 Å². The quantitative estimate of drug-likeness (QED) is 0.434. The summed E-state index contributed by atoms with van der Waals surface area (Å²) in [7, 11) is 0. The molecule has 2 aromatic heterocycles. The van der Waals surface area contributed by atoms with Crippen LogP contribution >= 0.6 is 0 Å². The summed E-state index contributed by atoms with van der Waals surface area (Å²) in [5.41, 5.74) is 3.25. The Morgan fingerprint density at radius 3 is 2.82 bits per heavy atom. The van der Waals surface area contributed by atoms with Crippen LogP contribution in [0, 0.1) is 0 Å². The third kappa shape index (κ3) is 2.59. The van der Waals surface area contributed by atoms with E-state index in [1.165, 1.54) is 6.33 Å². The Bertz CT molecular complexity index is 801. The van der Waals surface area contributed by atoms with Crippen molar-refractivity contribution in [2.75, 3.05) is 11.6 Å². The van der Waals surface area contributed by atoms with Crippen LogP contribution in [0.15, 0.2) is 36.9 Å². The van der Waals surface area contributed by atoms with E-state index in [4.69, 9.17) is 10.6 Å². The van der Waals surface area contributed by atoms with Gasteiger partial charge in [0.1, 0.15) is 6.33 Å². The number of nitrogens with two attached hydrogens (primary N) is 1. The van der Waals surface area contributed by atoms with Crippen molar-refractivity contribution in [1.29, 1.82) is 0 Å². The predicted octanol–water partition coefficient (Wildman–Crippen LogP) is 1.86. The van der Waals surface area contributed by atoms with E-state index < -0.39 is 6.09 Å². The van der Waals surface area contributed by atoms with Crippen LogP contribution in [0.1, 0.15) is 6.92 Å². The number of hydrogen-bond acceptors (Lipinski definition) is 6. The number of benzene rings is 1. The van der Waals surface area contributed by atoms with Gasteiger partial charge >= 0.3 is 6.09 Å². The zero-order valence-corrected chi connectivity index (χ0v) is 11.9. The van der Waals surface area contributed by atoms with Crippen LogP contribution < -0.4 is 10.9 Å². The van der Waals surface area contributed by atoms with Crippen molar-refractivity contribution in [2.45, 2.75) is 6.92 Å². The third-order valence-electron chi connectivity index (χ3n) is 3.06. The fourth-order valence-electron chi connectivity index (χ4n) is 2.02. The minimum absolute atomic E-state index is 0.218. The number of amides is 1. The molecule has 0 bridgehead atoms. The summed E-state index contributed by atoms with van der Waals surface area (Å²) in [5.74, 6) is 5.90. The van der Waals surface area contributed by atoms with Crippen LogP contribution in [0.25, 0.3) is 22.2 Å². The molecule has 0 fully saturated rings. The van der Waals surface area contributed by atoms with Crippen molar-refractivity contribution in [3.63, 3.8) is 0 Å². The summed E-state index contributed by atoms with van der Waals surface area (Å²) in [6.45, 7) is 1.95. The Kier molecular flexibility index (Phi) is 3.67. The van der Waals surface area contributed by atoms with E-state index in [0.29, 0.717) is 5.52 Å². The lowest BCUT2D eigenvalue weighted by Crippen LogP contribution is -2.38. The fraction of sp³-hybridized carbons (Fsp3) is 0.143. The largest absolute Gasteiger partial charge is 0.448 e. The smallest absolute Gasteiger partial charge is 0.431 e. The summed E-state index contributed by atoms with van der Waals surface area (Å²) in [6.07, 6.45) is 4.25. The molecule has 1 amide bonds. The number of ether oxygens (including phenoxy) is 1. The van der Waals surface area contributed by atoms with E-state index in [0.717, 1.165) is 21.7 Å². The van der Waals surface area contributed by atoms with Crippen LogP contribution in [0.4, 0.5) is 10.7 Å². The Hall–Kier alpha value is -3.00. The first-order valence-electron chi connectivity index (χ1n) is 6.65. The molecule has 0 saturated carbocycles. The highest BCUT2D eigenvalue weighted by Gasteiger charge is 2.16. The number of H-pyrrole nitrogens is 1. The summed E-state index contributed by atoms with van der Waals surface area (Å²) >= 11 is 0. The number of aromatic amines is 1. The molecule has 1 aromatic carbocycles. The van der Waals surface area contributed by atoms with Gasteiger partial charge in [-0.25, -0.2) is 25.6 Å². The van der Waals surface area contributed by atoms with Crippen molar-refractivity contribution in [2.24, 2.45) is 5.84 Å². The first kappa shape index (κ1) is 14.0. The van der Waals surface area contributed by atoms with Crippen molar-refractivity contribution in [1.82, 2.24) is 19.9 Å². The zero-order valence-electron chi connectivity index (χ0n) is 11.9. The van der Waals surface area contributed by atoms with Crippen LogP contribution in [-0.2, 0) is 4.74 Å². The molecule has 0 spiro atoms. The number of hydrazine groups is 1. The Morgan fingerprint density at radius 1 is 1.32 bits per heavy atom. The van der Waals surface area contributed by atoms with Crippen molar-refractivity contribution < 1.29 is 9.53 Å². The molecule has 0 saturated heterocycles. The first-order chi connectivity index (χ1) is 10.7. The van der Waals surface area contributed by atoms with E-state index in [-0.39, 0.29) is 12.6 Å². The molecule has 0 aliphatic carbocycles. The highest BCUT2D eigenvalue weighted by atomic mass is 16.6. The summed E-state index contributed by atoms with van der Waals surface area (Å²) in [6, 6.07) is 5.62. The number of nitrogens with one attached hydrogen (secondary N) is 1. The molecule has 0 atom stereocenters. The standard InChI is InChI=1S/C14H14N6O2/c1-2-22-14(21)20(15)13-18-11-4-3-9(5-12(11)19-13)10-6-16-8-17-7-10/h3-8H,2,15H2,1H3,(H,18,19). The normalized spacial score (nSPS) is 10.6. The Labute approximate surface area is 125 Å². The third-order valence-corrected chi connectivity index (χ3v) is 3.06. The van der Waals surface area contributed by atoms with E-state index in [1.807, 2.05) is 18.2 Å². The van der Waals surface area contributed by atoms with Crippen molar-refractivity contribution in [3.05, 3.63) is 36.9 Å². The molecular weight excluding hydrogens is 284 g/mol. The number of anilines is 1. The molecule has 0 unspecified atom stereocenters. The van der Waals surface area contributed by atoms with Gasteiger partial charge in [-0.3, -0.25) is 0 Å². The van der Waals surface area contributed by atoms with Gasteiger partial charge in [-0.2, -0.15) is 5.01 Å². The van der Waals surface area contributed by atoms with Gasteiger partial charge in [0, 0.05) is 18.0 Å². The maximum Gasteiger partial charge on any atom is 0.431 e. The maximum absolute atomic E-state index is 11.6. The second-order valence-corrected chi connectivity index (χ2v) is 4.49. The minimum Gasteiger partial charge on any atom is -0.448 e. The predicted molar refractivity (Wildman–Crippen MR) is 80.8 cm³/mol. The van der Waals surface area contributed by atoms with E-state index in [1.54, 1.807) is 19.3 Å². The molecule has 112 valence electrons. The fourth-order valence-corrected chi connectivity index (χ4v) is 2.02. The molecule has 3 aromatic rings. The van der Waals surface area contributed by atoms with Gasteiger partial charge in [0.25, 0.3) is 0 Å². The van der Waals surface area contributed by atoms with Crippen LogP contribution in [0.3, 0.4) is 0 Å². The summed E-state index contributed by atoms with van der Waals surface area (Å²) in [5, 5.41) is 0.842. The first-order valence-corrected chi connectivity index (χ1v) is 6.65. The lowest BCUT2D eigenvalue weighted by Gasteiger charge is -2.11. The molecule has 0 radical (unpaired) electrons. The van der Waals surface area contributed by atoms with E-state index in [9.17, 15) is 4.79 Å². The number of imidazole rings is 1. The average Bonchev–Trinajstić information content (AvgIpc) is 2.98. The monoisotopic (exact) mass is 298 g/mol. The van der Waals surface area contributed by atoms with Gasteiger partial charge < -0.3 is 9.72 Å². The molecule has 3 rings (SSSR count). The number of aromatic nitrogens is 4. The second kappa shape index (κ2) is 5.78. The number of carbonyl (C=O) groups excluding carboxylic acids is 1. The number of nitrogens with zero attached hydrogens (tertiary/aromatic N) is 4. The molecule has 8 heteroatoms. The lowest BCUT2D eigenvalue weighted by atomic mass is 10.1. The van der Waals surface area contributed by atoms with Crippen LogP contribution in [0.2, 0.25) is 0 Å². The van der Waals surface area contributed by atoms with Crippen LogP contribution in [-0.4, -0.2) is 32.6 Å². The lowest BCUT2D eigenvalue weighted by molar-refractivity contribution is 0.159. The van der Waals surface area contributed by atoms with Gasteiger partial charge in [-0.15, -0.1) is 0 Å². The van der Waals surface area contributed by atoms with Crippen LogP contribution in [0.5, 0.6) is 0 Å². The van der Waals surface area contributed by atoms with Gasteiger partial charge in [0.05, 0.1) is 17.6 Å². The molecule has 2 heterocycles. The highest BCUT2D eigenvalue weighted by Crippen LogP contribution is 2.23. The molecule has 0 aliphatic heterocycles. The number of rotatable bonds is 3. The summed E-state index contributed by atoms with van der Waals surface area (Å²) in [4.78, 5) is 26.9. The van der Waals surface area contributed by atoms with E-state index in [2.05, 4.69) is 19.9 Å². The molecule has 22 heavy (non-hydrogen) atoms. The van der Waals surface area contributed by atoms with Crippen molar-refractivity contribution in [3.8, 4) is 11.1 Å². The molecule has 3 N–H and O–H groups in total. The van der Waals surface area contributed by atoms with Gasteiger partial charge in [-0.05, 0) is 24.6 Å². The second-order valence-electron chi connectivity index (χ2n) is 4.49. The van der Waals surface area contributed by atoms with E-state index >= 15 is 0 Å². The Balaban J connectivity index is 1.95. The highest BCUT2D eigenvalue weighted by molar-refractivity contribution is 5.88. The average molecular weight is 298 g/mol. The number of hydrogen-bond donors (Lipinski definition) is 2. The Morgan fingerprint density at radius 2 is 2.09 bits per heavy atom.